The summed E-state index contributed by atoms with van der Waals surface area (Å²) in [6.45, 7) is 6.28. The number of carbonyl (C=O) groups is 1. The average Bonchev–Trinajstić information content (AvgIpc) is 2.89. The zero-order chi connectivity index (χ0) is 15.7. The van der Waals surface area contributed by atoms with Gasteiger partial charge in [-0.3, -0.25) is 0 Å². The van der Waals surface area contributed by atoms with Crippen LogP contribution in [0.5, 0.6) is 0 Å². The van der Waals surface area contributed by atoms with Crippen molar-refractivity contribution in [1.29, 1.82) is 0 Å². The maximum absolute atomic E-state index is 12.6. The number of benzene rings is 1. The molecule has 1 aromatic carbocycles. The van der Waals surface area contributed by atoms with Gasteiger partial charge in [-0.2, -0.15) is 0 Å². The predicted octanol–water partition coefficient (Wildman–Crippen LogP) is 1.19. The number of hydrogen-bond donors (Lipinski definition) is 3. The average molecular weight is 303 g/mol. The van der Waals surface area contributed by atoms with Crippen LogP contribution in [0.4, 0.5) is 4.79 Å². The SMILES string of the molecule is CC(C)(O)CN(Cc1ccccc1)C(=O)NC1[C@H]2CNC[C@@H]12. The number of amides is 2. The van der Waals surface area contributed by atoms with Crippen molar-refractivity contribution in [3.8, 4) is 0 Å². The van der Waals surface area contributed by atoms with Crippen LogP contribution in [0.2, 0.25) is 0 Å². The van der Waals surface area contributed by atoms with E-state index in [1.165, 1.54) is 0 Å². The van der Waals surface area contributed by atoms with Crippen molar-refractivity contribution in [2.45, 2.75) is 32.0 Å². The lowest BCUT2D eigenvalue weighted by Gasteiger charge is -2.29. The fourth-order valence-electron chi connectivity index (χ4n) is 3.34. The van der Waals surface area contributed by atoms with E-state index in [-0.39, 0.29) is 6.03 Å². The highest BCUT2D eigenvalue weighted by Gasteiger charge is 2.53. The van der Waals surface area contributed by atoms with Gasteiger partial charge in [0.05, 0.1) is 12.1 Å². The molecule has 22 heavy (non-hydrogen) atoms. The molecule has 120 valence electrons. The van der Waals surface area contributed by atoms with Crippen molar-refractivity contribution >= 4 is 6.03 Å². The first-order valence-corrected chi connectivity index (χ1v) is 7.96. The summed E-state index contributed by atoms with van der Waals surface area (Å²) >= 11 is 0. The van der Waals surface area contributed by atoms with Gasteiger partial charge in [0, 0.05) is 25.7 Å². The summed E-state index contributed by atoms with van der Waals surface area (Å²) in [4.78, 5) is 14.3. The normalized spacial score (nSPS) is 26.4. The second-order valence-electron chi connectivity index (χ2n) is 7.12. The molecule has 2 aliphatic rings. The number of fused-ring (bicyclic) bond motifs is 1. The summed E-state index contributed by atoms with van der Waals surface area (Å²) in [7, 11) is 0. The minimum absolute atomic E-state index is 0.0784. The van der Waals surface area contributed by atoms with Gasteiger partial charge >= 0.3 is 6.03 Å². The molecule has 1 unspecified atom stereocenters. The first-order chi connectivity index (χ1) is 10.4. The summed E-state index contributed by atoms with van der Waals surface area (Å²) in [5.74, 6) is 1.18. The van der Waals surface area contributed by atoms with Crippen LogP contribution in [0, 0.1) is 11.8 Å². The summed E-state index contributed by atoms with van der Waals surface area (Å²) < 4.78 is 0. The van der Waals surface area contributed by atoms with Gasteiger partial charge in [0.25, 0.3) is 0 Å². The van der Waals surface area contributed by atoms with Crippen LogP contribution in [0.15, 0.2) is 30.3 Å². The molecule has 1 saturated heterocycles. The van der Waals surface area contributed by atoms with Gasteiger partial charge in [-0.15, -0.1) is 0 Å². The summed E-state index contributed by atoms with van der Waals surface area (Å²) in [6.07, 6.45) is 0. The van der Waals surface area contributed by atoms with E-state index in [9.17, 15) is 9.90 Å². The Balaban J connectivity index is 1.63. The molecule has 3 N–H and O–H groups in total. The molecule has 1 aromatic rings. The molecule has 2 fully saturated rings. The molecule has 5 heteroatoms. The Hall–Kier alpha value is -1.59. The topological polar surface area (TPSA) is 64.6 Å². The lowest BCUT2D eigenvalue weighted by atomic mass is 10.1. The molecule has 3 rings (SSSR count). The summed E-state index contributed by atoms with van der Waals surface area (Å²) in [5, 5.41) is 16.6. The van der Waals surface area contributed by atoms with E-state index in [4.69, 9.17) is 0 Å². The largest absolute Gasteiger partial charge is 0.389 e. The monoisotopic (exact) mass is 303 g/mol. The van der Waals surface area contributed by atoms with Crippen LogP contribution in [0.1, 0.15) is 19.4 Å². The Morgan fingerprint density at radius 3 is 2.55 bits per heavy atom. The Morgan fingerprint density at radius 1 is 1.32 bits per heavy atom. The zero-order valence-electron chi connectivity index (χ0n) is 13.2. The minimum Gasteiger partial charge on any atom is -0.389 e. The number of hydrogen-bond acceptors (Lipinski definition) is 3. The Bertz CT molecular complexity index is 516. The predicted molar refractivity (Wildman–Crippen MR) is 85.3 cm³/mol. The second kappa shape index (κ2) is 5.89. The van der Waals surface area contributed by atoms with E-state index in [2.05, 4.69) is 10.6 Å². The van der Waals surface area contributed by atoms with Gasteiger partial charge in [0.15, 0.2) is 0 Å². The van der Waals surface area contributed by atoms with Crippen molar-refractivity contribution < 1.29 is 9.90 Å². The fraction of sp³-hybridized carbons (Fsp3) is 0.588. The molecular formula is C17H25N3O2. The Kier molecular flexibility index (Phi) is 4.10. The van der Waals surface area contributed by atoms with Crippen LogP contribution in [-0.2, 0) is 6.54 Å². The van der Waals surface area contributed by atoms with Crippen LogP contribution in [-0.4, -0.2) is 47.3 Å². The first-order valence-electron chi connectivity index (χ1n) is 7.96. The smallest absolute Gasteiger partial charge is 0.318 e. The van der Waals surface area contributed by atoms with Crippen molar-refractivity contribution in [1.82, 2.24) is 15.5 Å². The number of rotatable bonds is 5. The maximum Gasteiger partial charge on any atom is 0.318 e. The van der Waals surface area contributed by atoms with E-state index in [0.29, 0.717) is 31.0 Å². The highest BCUT2D eigenvalue weighted by atomic mass is 16.3. The number of nitrogens with zero attached hydrogens (tertiary/aromatic N) is 1. The maximum atomic E-state index is 12.6. The number of nitrogens with one attached hydrogen (secondary N) is 2. The third kappa shape index (κ3) is 3.59. The van der Waals surface area contributed by atoms with Crippen molar-refractivity contribution in [3.63, 3.8) is 0 Å². The molecular weight excluding hydrogens is 278 g/mol. The summed E-state index contributed by atoms with van der Waals surface area (Å²) in [5.41, 5.74) is 0.159. The molecule has 1 saturated carbocycles. The van der Waals surface area contributed by atoms with E-state index in [1.807, 2.05) is 30.3 Å². The van der Waals surface area contributed by atoms with Crippen molar-refractivity contribution in [3.05, 3.63) is 35.9 Å². The van der Waals surface area contributed by atoms with E-state index in [1.54, 1.807) is 18.7 Å². The van der Waals surface area contributed by atoms with Gasteiger partial charge in [-0.25, -0.2) is 4.79 Å². The molecule has 0 spiro atoms. The number of piperidine rings is 1. The van der Waals surface area contributed by atoms with Gasteiger partial charge < -0.3 is 20.6 Å². The standard InChI is InChI=1S/C17H25N3O2/c1-17(2,22)11-20(10-12-6-4-3-5-7-12)16(21)19-15-13-8-18-9-14(13)15/h3-7,13-15,18,22H,8-11H2,1-2H3,(H,19,21)/t13-,14+,15?. The molecule has 2 amide bonds. The van der Waals surface area contributed by atoms with Gasteiger partial charge in [0.1, 0.15) is 0 Å². The Morgan fingerprint density at radius 2 is 1.95 bits per heavy atom. The third-order valence-electron chi connectivity index (χ3n) is 4.46. The van der Waals surface area contributed by atoms with Crippen LogP contribution in [0.3, 0.4) is 0 Å². The van der Waals surface area contributed by atoms with Crippen LogP contribution < -0.4 is 10.6 Å². The molecule has 5 nitrogen and oxygen atoms in total. The second-order valence-corrected chi connectivity index (χ2v) is 7.12. The molecule has 3 atom stereocenters. The highest BCUT2D eigenvalue weighted by molar-refractivity contribution is 5.75. The third-order valence-corrected chi connectivity index (χ3v) is 4.46. The van der Waals surface area contributed by atoms with Gasteiger partial charge in [0.2, 0.25) is 0 Å². The minimum atomic E-state index is -0.910. The zero-order valence-corrected chi connectivity index (χ0v) is 13.2. The molecule has 1 aliphatic carbocycles. The molecule has 1 heterocycles. The lowest BCUT2D eigenvalue weighted by molar-refractivity contribution is 0.0445. The van der Waals surface area contributed by atoms with Gasteiger partial charge in [-0.05, 0) is 31.2 Å². The summed E-state index contributed by atoms with van der Waals surface area (Å²) in [6, 6.07) is 10.1. The van der Waals surface area contributed by atoms with Gasteiger partial charge in [-0.1, -0.05) is 30.3 Å². The quantitative estimate of drug-likeness (QED) is 0.765. The first kappa shape index (κ1) is 15.3. The fourth-order valence-corrected chi connectivity index (χ4v) is 3.34. The van der Waals surface area contributed by atoms with Crippen LogP contribution in [0.25, 0.3) is 0 Å². The lowest BCUT2D eigenvalue weighted by Crippen LogP contribution is -2.48. The molecule has 0 bridgehead atoms. The van der Waals surface area contributed by atoms with E-state index >= 15 is 0 Å². The Labute approximate surface area is 131 Å². The molecule has 1 aliphatic heterocycles. The highest BCUT2D eigenvalue weighted by Crippen LogP contribution is 2.41. The number of aliphatic hydroxyl groups is 1. The number of carbonyl (C=O) groups excluding carboxylic acids is 1. The van der Waals surface area contributed by atoms with Crippen molar-refractivity contribution in [2.75, 3.05) is 19.6 Å². The van der Waals surface area contributed by atoms with Crippen molar-refractivity contribution in [2.24, 2.45) is 11.8 Å². The molecule has 0 aromatic heterocycles. The van der Waals surface area contributed by atoms with E-state index in [0.717, 1.165) is 18.7 Å². The number of urea groups is 1. The van der Waals surface area contributed by atoms with E-state index < -0.39 is 5.60 Å². The molecule has 0 radical (unpaired) electrons. The van der Waals surface area contributed by atoms with Crippen LogP contribution >= 0.6 is 0 Å².